The van der Waals surface area contributed by atoms with E-state index in [1.165, 1.54) is 0 Å². The summed E-state index contributed by atoms with van der Waals surface area (Å²) >= 11 is 5.78. The largest absolute Gasteiger partial charge is 0.482 e. The summed E-state index contributed by atoms with van der Waals surface area (Å²) in [6.07, 6.45) is -0.184. The average Bonchev–Trinajstić information content (AvgIpc) is 2.36. The molecule has 0 saturated heterocycles. The van der Waals surface area contributed by atoms with Gasteiger partial charge < -0.3 is 19.3 Å². The Bertz CT molecular complexity index is 432. The zero-order valence-electron chi connectivity index (χ0n) is 13.8. The summed E-state index contributed by atoms with van der Waals surface area (Å²) in [5.41, 5.74) is 0. The highest BCUT2D eigenvalue weighted by molar-refractivity contribution is 6.30. The molecule has 0 atom stereocenters. The monoisotopic (exact) mass is 386 g/mol. The van der Waals surface area contributed by atoms with Crippen LogP contribution in [0.3, 0.4) is 0 Å². The molecule has 0 aliphatic heterocycles. The van der Waals surface area contributed by atoms with Crippen LogP contribution in [0.4, 0.5) is 0 Å². The number of carbonyl (C=O) groups excluding carboxylic acids is 1. The second-order valence-corrected chi connectivity index (χ2v) is 5.82. The maximum absolute atomic E-state index is 11.8. The highest BCUT2D eigenvalue weighted by atomic mass is 35.5. The summed E-state index contributed by atoms with van der Waals surface area (Å²) in [4.78, 5) is 15.8. The average molecular weight is 388 g/mol. The van der Waals surface area contributed by atoms with Crippen molar-refractivity contribution >= 4 is 42.4 Å². The second-order valence-electron chi connectivity index (χ2n) is 5.38. The zero-order chi connectivity index (χ0) is 15.8. The Morgan fingerprint density at radius 3 is 1.96 bits per heavy atom. The molecule has 0 aliphatic carbocycles. The number of ether oxygens (including phenoxy) is 2. The minimum Gasteiger partial charge on any atom is -0.482 e. The van der Waals surface area contributed by atoms with E-state index in [0.717, 1.165) is 0 Å². The molecule has 0 N–H and O–H groups in total. The van der Waals surface area contributed by atoms with Crippen LogP contribution < -0.4 is 4.74 Å². The van der Waals surface area contributed by atoms with Crippen molar-refractivity contribution < 1.29 is 14.3 Å². The Kier molecular flexibility index (Phi) is 13.5. The summed E-state index contributed by atoms with van der Waals surface area (Å²) in [6, 6.07) is 6.85. The Labute approximate surface area is 155 Å². The van der Waals surface area contributed by atoms with Gasteiger partial charge in [-0.25, -0.2) is 4.79 Å². The molecule has 8 heteroatoms. The van der Waals surface area contributed by atoms with Crippen LogP contribution in [0.25, 0.3) is 0 Å². The third-order valence-electron chi connectivity index (χ3n) is 2.61. The Morgan fingerprint density at radius 2 is 1.52 bits per heavy atom. The van der Waals surface area contributed by atoms with Crippen molar-refractivity contribution in [2.75, 3.05) is 47.9 Å². The third kappa shape index (κ3) is 11.5. The van der Waals surface area contributed by atoms with E-state index in [-0.39, 0.29) is 43.5 Å². The minimum absolute atomic E-state index is 0. The highest BCUT2D eigenvalue weighted by Crippen LogP contribution is 2.15. The van der Waals surface area contributed by atoms with Crippen molar-refractivity contribution in [1.29, 1.82) is 0 Å². The molecule has 0 heterocycles. The van der Waals surface area contributed by atoms with Gasteiger partial charge in [0.15, 0.2) is 6.61 Å². The predicted octanol–water partition coefficient (Wildman–Crippen LogP) is 2.60. The van der Waals surface area contributed by atoms with Crippen molar-refractivity contribution in [3.63, 3.8) is 0 Å². The standard InChI is InChI=1S/C15H23ClN2O3.2ClH/c1-17(2)9-14(10-18(3)4)21-15(19)11-20-13-7-5-12(16)6-8-13;;/h5-8,14H,9-11H2,1-4H3;2*1H. The fraction of sp³-hybridized carbons (Fsp3) is 0.533. The number of hydrogen-bond acceptors (Lipinski definition) is 5. The van der Waals surface area contributed by atoms with Gasteiger partial charge in [0.1, 0.15) is 11.9 Å². The fourth-order valence-electron chi connectivity index (χ4n) is 1.84. The molecular formula is C15H25Cl3N2O3. The van der Waals surface area contributed by atoms with Gasteiger partial charge in [0.2, 0.25) is 0 Å². The van der Waals surface area contributed by atoms with Gasteiger partial charge in [-0.3, -0.25) is 0 Å². The normalized spacial score (nSPS) is 10.3. The van der Waals surface area contributed by atoms with Gasteiger partial charge in [-0.15, -0.1) is 24.8 Å². The highest BCUT2D eigenvalue weighted by Gasteiger charge is 2.16. The number of likely N-dealkylation sites (N-methyl/N-ethyl adjacent to an activating group) is 2. The number of nitrogens with zero attached hydrogens (tertiary/aromatic N) is 2. The van der Waals surface area contributed by atoms with E-state index in [0.29, 0.717) is 23.9 Å². The molecule has 23 heavy (non-hydrogen) atoms. The van der Waals surface area contributed by atoms with Crippen molar-refractivity contribution in [3.8, 4) is 5.75 Å². The van der Waals surface area contributed by atoms with E-state index in [1.54, 1.807) is 24.3 Å². The Hall–Kier alpha value is -0.720. The second kappa shape index (κ2) is 12.7. The molecule has 0 aliphatic rings. The Balaban J connectivity index is 0. The molecule has 0 spiro atoms. The fourth-order valence-corrected chi connectivity index (χ4v) is 1.97. The topological polar surface area (TPSA) is 42.0 Å². The van der Waals surface area contributed by atoms with Crippen LogP contribution in [0, 0.1) is 0 Å². The number of hydrogen-bond donors (Lipinski definition) is 0. The molecule has 0 unspecified atom stereocenters. The summed E-state index contributed by atoms with van der Waals surface area (Å²) in [5, 5.41) is 0.627. The van der Waals surface area contributed by atoms with Gasteiger partial charge in [-0.2, -0.15) is 0 Å². The molecule has 0 saturated carbocycles. The summed E-state index contributed by atoms with van der Waals surface area (Å²) < 4.78 is 10.8. The van der Waals surface area contributed by atoms with Crippen LogP contribution in [-0.4, -0.2) is 69.8 Å². The maximum atomic E-state index is 11.8. The van der Waals surface area contributed by atoms with Crippen LogP contribution in [0.15, 0.2) is 24.3 Å². The SMILES string of the molecule is CN(C)CC(CN(C)C)OC(=O)COc1ccc(Cl)cc1.Cl.Cl. The van der Waals surface area contributed by atoms with Gasteiger partial charge in [0, 0.05) is 18.1 Å². The number of rotatable bonds is 8. The van der Waals surface area contributed by atoms with Gasteiger partial charge in [0.05, 0.1) is 0 Å². The maximum Gasteiger partial charge on any atom is 0.344 e. The number of benzene rings is 1. The van der Waals surface area contributed by atoms with Crippen LogP contribution in [0.2, 0.25) is 5.02 Å². The van der Waals surface area contributed by atoms with Crippen molar-refractivity contribution in [1.82, 2.24) is 9.80 Å². The molecule has 0 amide bonds. The van der Waals surface area contributed by atoms with Gasteiger partial charge in [0.25, 0.3) is 0 Å². The quantitative estimate of drug-likeness (QED) is 0.641. The number of halogens is 3. The first kappa shape index (κ1) is 24.5. The van der Waals surface area contributed by atoms with Crippen molar-refractivity contribution in [2.24, 2.45) is 0 Å². The van der Waals surface area contributed by atoms with Crippen LogP contribution in [-0.2, 0) is 9.53 Å². The lowest BCUT2D eigenvalue weighted by Crippen LogP contribution is -2.39. The molecule has 0 fully saturated rings. The molecular weight excluding hydrogens is 363 g/mol. The Morgan fingerprint density at radius 1 is 1.04 bits per heavy atom. The van der Waals surface area contributed by atoms with Crippen LogP contribution in [0.1, 0.15) is 0 Å². The molecule has 0 bridgehead atoms. The van der Waals surface area contributed by atoms with E-state index < -0.39 is 0 Å². The van der Waals surface area contributed by atoms with Gasteiger partial charge in [-0.05, 0) is 52.5 Å². The van der Waals surface area contributed by atoms with E-state index in [9.17, 15) is 4.79 Å². The summed E-state index contributed by atoms with van der Waals surface area (Å²) in [7, 11) is 7.78. The third-order valence-corrected chi connectivity index (χ3v) is 2.86. The summed E-state index contributed by atoms with van der Waals surface area (Å²) in [6.45, 7) is 1.23. The molecule has 1 aromatic carbocycles. The molecule has 0 radical (unpaired) electrons. The molecule has 1 aromatic rings. The van der Waals surface area contributed by atoms with Crippen molar-refractivity contribution in [3.05, 3.63) is 29.3 Å². The molecule has 1 rings (SSSR count). The van der Waals surface area contributed by atoms with Gasteiger partial charge >= 0.3 is 5.97 Å². The van der Waals surface area contributed by atoms with E-state index >= 15 is 0 Å². The smallest absolute Gasteiger partial charge is 0.344 e. The first-order chi connectivity index (χ1) is 9.86. The lowest BCUT2D eigenvalue weighted by molar-refractivity contribution is -0.152. The van der Waals surface area contributed by atoms with Crippen LogP contribution in [0.5, 0.6) is 5.75 Å². The molecule has 134 valence electrons. The van der Waals surface area contributed by atoms with E-state index in [4.69, 9.17) is 21.1 Å². The van der Waals surface area contributed by atoms with Crippen LogP contribution >= 0.6 is 36.4 Å². The first-order valence-electron chi connectivity index (χ1n) is 6.74. The van der Waals surface area contributed by atoms with E-state index in [2.05, 4.69) is 0 Å². The minimum atomic E-state index is -0.376. The zero-order valence-corrected chi connectivity index (χ0v) is 16.2. The predicted molar refractivity (Wildman–Crippen MR) is 98.4 cm³/mol. The van der Waals surface area contributed by atoms with E-state index in [1.807, 2.05) is 38.0 Å². The number of esters is 1. The molecule has 0 aromatic heterocycles. The molecule has 5 nitrogen and oxygen atoms in total. The lowest BCUT2D eigenvalue weighted by atomic mass is 10.3. The van der Waals surface area contributed by atoms with Gasteiger partial charge in [-0.1, -0.05) is 11.6 Å². The lowest BCUT2D eigenvalue weighted by Gasteiger charge is -2.24. The first-order valence-corrected chi connectivity index (χ1v) is 7.12. The van der Waals surface area contributed by atoms with Crippen molar-refractivity contribution in [2.45, 2.75) is 6.10 Å². The number of carbonyl (C=O) groups is 1. The summed E-state index contributed by atoms with van der Waals surface area (Å²) in [5.74, 6) is 0.215.